The Morgan fingerprint density at radius 2 is 2.04 bits per heavy atom. The molecule has 0 amide bonds. The van der Waals surface area contributed by atoms with Crippen LogP contribution in [0.2, 0.25) is 0 Å². The van der Waals surface area contributed by atoms with Crippen molar-refractivity contribution in [2.45, 2.75) is 20.5 Å². The number of esters is 1. The number of furan rings is 1. The van der Waals surface area contributed by atoms with Gasteiger partial charge in [-0.15, -0.1) is 0 Å². The van der Waals surface area contributed by atoms with Crippen molar-refractivity contribution in [2.24, 2.45) is 5.92 Å². The monoisotopic (exact) mass is 374 g/mol. The molecule has 5 heteroatoms. The normalized spacial score (nSPS) is 11.2. The average Bonchev–Trinajstić information content (AvgIpc) is 3.13. The van der Waals surface area contributed by atoms with Crippen molar-refractivity contribution in [2.75, 3.05) is 11.9 Å². The van der Waals surface area contributed by atoms with Crippen LogP contribution in [0.3, 0.4) is 0 Å². The Morgan fingerprint density at radius 1 is 1.18 bits per heavy atom. The summed E-state index contributed by atoms with van der Waals surface area (Å²) in [6.07, 6.45) is 3.45. The summed E-state index contributed by atoms with van der Waals surface area (Å²) in [5.74, 6) is 0.170. The Hall–Kier alpha value is -3.34. The molecule has 4 aromatic rings. The molecule has 28 heavy (non-hydrogen) atoms. The van der Waals surface area contributed by atoms with Gasteiger partial charge in [-0.05, 0) is 36.2 Å². The minimum atomic E-state index is -0.368. The third kappa shape index (κ3) is 3.83. The van der Waals surface area contributed by atoms with Crippen LogP contribution in [0.25, 0.3) is 21.9 Å². The lowest BCUT2D eigenvalue weighted by molar-refractivity contribution is 0.0474. The van der Waals surface area contributed by atoms with Crippen LogP contribution >= 0.6 is 0 Å². The van der Waals surface area contributed by atoms with Crippen LogP contribution < -0.4 is 5.32 Å². The summed E-state index contributed by atoms with van der Waals surface area (Å²) in [5, 5.41) is 5.21. The first-order valence-corrected chi connectivity index (χ1v) is 9.36. The van der Waals surface area contributed by atoms with Gasteiger partial charge >= 0.3 is 5.97 Å². The zero-order valence-corrected chi connectivity index (χ0v) is 15.9. The second kappa shape index (κ2) is 7.72. The number of pyridine rings is 1. The van der Waals surface area contributed by atoms with E-state index in [0.29, 0.717) is 11.5 Å². The molecule has 0 radical (unpaired) electrons. The van der Waals surface area contributed by atoms with E-state index in [0.717, 1.165) is 39.7 Å². The second-order valence-corrected chi connectivity index (χ2v) is 7.24. The highest BCUT2D eigenvalue weighted by Crippen LogP contribution is 2.23. The van der Waals surface area contributed by atoms with E-state index in [4.69, 9.17) is 9.15 Å². The van der Waals surface area contributed by atoms with Crippen molar-refractivity contribution in [3.63, 3.8) is 0 Å². The van der Waals surface area contributed by atoms with Crippen molar-refractivity contribution < 1.29 is 13.9 Å². The number of para-hydroxylation sites is 1. The van der Waals surface area contributed by atoms with Gasteiger partial charge in [0, 0.05) is 22.9 Å². The molecular weight excluding hydrogens is 352 g/mol. The van der Waals surface area contributed by atoms with Gasteiger partial charge < -0.3 is 14.5 Å². The Morgan fingerprint density at radius 3 is 2.89 bits per heavy atom. The number of ether oxygens (including phenoxy) is 1. The molecule has 0 atom stereocenters. The molecule has 4 rings (SSSR count). The minimum Gasteiger partial charge on any atom is -0.464 e. The van der Waals surface area contributed by atoms with E-state index >= 15 is 0 Å². The Labute approximate surface area is 163 Å². The van der Waals surface area contributed by atoms with Crippen LogP contribution in [0, 0.1) is 5.92 Å². The van der Waals surface area contributed by atoms with Crippen molar-refractivity contribution in [3.8, 4) is 0 Å². The van der Waals surface area contributed by atoms with Crippen LogP contribution in [0.4, 0.5) is 5.69 Å². The molecule has 142 valence electrons. The second-order valence-electron chi connectivity index (χ2n) is 7.24. The van der Waals surface area contributed by atoms with Crippen LogP contribution in [0.15, 0.2) is 65.4 Å². The van der Waals surface area contributed by atoms with Gasteiger partial charge in [-0.3, -0.25) is 4.98 Å². The van der Waals surface area contributed by atoms with Crippen LogP contribution in [-0.4, -0.2) is 17.5 Å². The van der Waals surface area contributed by atoms with E-state index in [-0.39, 0.29) is 12.6 Å². The first-order valence-electron chi connectivity index (χ1n) is 9.36. The van der Waals surface area contributed by atoms with E-state index in [1.807, 2.05) is 48.7 Å². The third-order valence-corrected chi connectivity index (χ3v) is 4.55. The minimum absolute atomic E-state index is 0.169. The average molecular weight is 374 g/mol. The predicted molar refractivity (Wildman–Crippen MR) is 110 cm³/mol. The smallest absolute Gasteiger partial charge is 0.338 e. The van der Waals surface area contributed by atoms with Crippen LogP contribution in [-0.2, 0) is 11.3 Å². The highest BCUT2D eigenvalue weighted by molar-refractivity contribution is 5.95. The summed E-state index contributed by atoms with van der Waals surface area (Å²) in [5.41, 5.74) is 3.92. The molecule has 0 aliphatic heterocycles. The largest absolute Gasteiger partial charge is 0.464 e. The quantitative estimate of drug-likeness (QED) is 0.457. The number of nitrogens with one attached hydrogen (secondary N) is 1. The first kappa shape index (κ1) is 18.0. The summed E-state index contributed by atoms with van der Waals surface area (Å²) >= 11 is 0. The fourth-order valence-electron chi connectivity index (χ4n) is 3.05. The van der Waals surface area contributed by atoms with Gasteiger partial charge in [-0.25, -0.2) is 4.79 Å². The number of nitrogens with zero attached hydrogens (tertiary/aromatic N) is 1. The van der Waals surface area contributed by atoms with Gasteiger partial charge in [0.15, 0.2) is 0 Å². The number of hydrogen-bond donors (Lipinski definition) is 1. The van der Waals surface area contributed by atoms with E-state index in [1.54, 1.807) is 12.3 Å². The lowest BCUT2D eigenvalue weighted by atomic mass is 10.1. The maximum Gasteiger partial charge on any atom is 0.338 e. The number of carbonyl (C=O) groups is 1. The number of fused-ring (bicyclic) bond motifs is 2. The first-order chi connectivity index (χ1) is 13.6. The number of anilines is 1. The van der Waals surface area contributed by atoms with Crippen molar-refractivity contribution in [1.29, 1.82) is 0 Å². The topological polar surface area (TPSA) is 64.4 Å². The van der Waals surface area contributed by atoms with E-state index < -0.39 is 0 Å². The van der Waals surface area contributed by atoms with E-state index in [9.17, 15) is 4.79 Å². The standard InChI is InChI=1S/C23H22N2O3/c1-15(2)11-24-19-10-17-9-16(7-8-21(17)25-12-19)23(26)28-14-18-13-27-22-6-4-3-5-20(18)22/h3-10,12-13,15,24H,11,14H2,1-2H3. The summed E-state index contributed by atoms with van der Waals surface area (Å²) in [4.78, 5) is 17.0. The van der Waals surface area contributed by atoms with E-state index in [1.165, 1.54) is 0 Å². The van der Waals surface area contributed by atoms with Crippen LogP contribution in [0.1, 0.15) is 29.8 Å². The Kier molecular flexibility index (Phi) is 4.98. The fraction of sp³-hybridized carbons (Fsp3) is 0.217. The predicted octanol–water partition coefficient (Wildman–Crippen LogP) is 5.41. The molecule has 0 fully saturated rings. The summed E-state index contributed by atoms with van der Waals surface area (Å²) in [6, 6.07) is 15.1. The van der Waals surface area contributed by atoms with Crippen molar-refractivity contribution >= 4 is 33.5 Å². The third-order valence-electron chi connectivity index (χ3n) is 4.55. The molecule has 0 bridgehead atoms. The summed E-state index contributed by atoms with van der Waals surface area (Å²) in [7, 11) is 0. The van der Waals surface area contributed by atoms with Gasteiger partial charge in [-0.2, -0.15) is 0 Å². The number of hydrogen-bond acceptors (Lipinski definition) is 5. The maximum atomic E-state index is 12.5. The number of carbonyl (C=O) groups excluding carboxylic acids is 1. The molecule has 1 N–H and O–H groups in total. The zero-order chi connectivity index (χ0) is 19.5. The molecule has 2 aromatic carbocycles. The lowest BCUT2D eigenvalue weighted by Gasteiger charge is -2.10. The summed E-state index contributed by atoms with van der Waals surface area (Å²) in [6.45, 7) is 5.34. The summed E-state index contributed by atoms with van der Waals surface area (Å²) < 4.78 is 11.0. The Bertz CT molecular complexity index is 1130. The lowest BCUT2D eigenvalue weighted by Crippen LogP contribution is -2.08. The molecule has 0 aliphatic rings. The highest BCUT2D eigenvalue weighted by Gasteiger charge is 2.12. The SMILES string of the molecule is CC(C)CNc1cnc2ccc(C(=O)OCc3coc4ccccc34)cc2c1. The molecule has 0 saturated heterocycles. The van der Waals surface area contributed by atoms with Crippen LogP contribution in [0.5, 0.6) is 0 Å². The molecule has 0 saturated carbocycles. The number of aromatic nitrogens is 1. The molecule has 2 aromatic heterocycles. The van der Waals surface area contributed by atoms with Crippen molar-refractivity contribution in [3.05, 3.63) is 72.1 Å². The number of rotatable bonds is 6. The van der Waals surface area contributed by atoms with Gasteiger partial charge in [0.2, 0.25) is 0 Å². The fourth-order valence-corrected chi connectivity index (χ4v) is 3.05. The van der Waals surface area contributed by atoms with Gasteiger partial charge in [0.25, 0.3) is 0 Å². The number of benzene rings is 2. The molecule has 2 heterocycles. The zero-order valence-electron chi connectivity index (χ0n) is 15.9. The maximum absolute atomic E-state index is 12.5. The van der Waals surface area contributed by atoms with E-state index in [2.05, 4.69) is 24.1 Å². The molecule has 0 unspecified atom stereocenters. The van der Waals surface area contributed by atoms with Gasteiger partial charge in [-0.1, -0.05) is 32.0 Å². The van der Waals surface area contributed by atoms with Gasteiger partial charge in [0.1, 0.15) is 12.2 Å². The molecule has 0 aliphatic carbocycles. The Balaban J connectivity index is 1.50. The highest BCUT2D eigenvalue weighted by atomic mass is 16.5. The molecule has 0 spiro atoms. The van der Waals surface area contributed by atoms with Crippen molar-refractivity contribution in [1.82, 2.24) is 4.98 Å². The molecule has 5 nitrogen and oxygen atoms in total. The van der Waals surface area contributed by atoms with Gasteiger partial charge in [0.05, 0.1) is 29.2 Å². The molecular formula is C23H22N2O3.